The SMILES string of the molecule is COc1cccc(-c2ccc(=O)n(C3COCC3NCc3ccn(C)n3)n2)c1. The molecule has 2 unspecified atom stereocenters. The van der Waals surface area contributed by atoms with Gasteiger partial charge in [-0.05, 0) is 24.3 Å². The van der Waals surface area contributed by atoms with Gasteiger partial charge < -0.3 is 14.8 Å². The van der Waals surface area contributed by atoms with E-state index in [0.29, 0.717) is 25.5 Å². The number of ether oxygens (including phenoxy) is 2. The van der Waals surface area contributed by atoms with Gasteiger partial charge in [-0.25, -0.2) is 4.68 Å². The number of aromatic nitrogens is 4. The van der Waals surface area contributed by atoms with Crippen LogP contribution in [0.1, 0.15) is 11.7 Å². The molecule has 1 aliphatic rings. The Balaban J connectivity index is 1.57. The Kier molecular flexibility index (Phi) is 5.23. The lowest BCUT2D eigenvalue weighted by atomic mass is 10.1. The number of hydrogen-bond acceptors (Lipinski definition) is 6. The summed E-state index contributed by atoms with van der Waals surface area (Å²) in [4.78, 5) is 12.5. The highest BCUT2D eigenvalue weighted by molar-refractivity contribution is 5.60. The summed E-state index contributed by atoms with van der Waals surface area (Å²) in [6.07, 6.45) is 1.91. The van der Waals surface area contributed by atoms with Gasteiger partial charge in [-0.1, -0.05) is 12.1 Å². The fourth-order valence-corrected chi connectivity index (χ4v) is 3.37. The maximum absolute atomic E-state index is 12.5. The number of rotatable bonds is 6. The van der Waals surface area contributed by atoms with Crippen molar-refractivity contribution in [2.45, 2.75) is 18.6 Å². The molecule has 2 aromatic heterocycles. The lowest BCUT2D eigenvalue weighted by Gasteiger charge is -2.20. The summed E-state index contributed by atoms with van der Waals surface area (Å²) in [6.45, 7) is 1.57. The molecule has 2 atom stereocenters. The van der Waals surface area contributed by atoms with E-state index < -0.39 is 0 Å². The summed E-state index contributed by atoms with van der Waals surface area (Å²) in [5.41, 5.74) is 2.41. The molecule has 0 aliphatic carbocycles. The van der Waals surface area contributed by atoms with Crippen molar-refractivity contribution in [3.05, 3.63) is 64.7 Å². The third-order valence-corrected chi connectivity index (χ3v) is 4.87. The summed E-state index contributed by atoms with van der Waals surface area (Å²) in [6, 6.07) is 12.7. The van der Waals surface area contributed by atoms with Gasteiger partial charge in [0.2, 0.25) is 0 Å². The minimum absolute atomic E-state index is 0.0206. The van der Waals surface area contributed by atoms with Crippen molar-refractivity contribution >= 4 is 0 Å². The Morgan fingerprint density at radius 1 is 1.21 bits per heavy atom. The maximum Gasteiger partial charge on any atom is 0.267 e. The lowest BCUT2D eigenvalue weighted by molar-refractivity contribution is 0.181. The Morgan fingerprint density at radius 2 is 2.11 bits per heavy atom. The van der Waals surface area contributed by atoms with Crippen molar-refractivity contribution in [2.24, 2.45) is 7.05 Å². The molecule has 0 amide bonds. The van der Waals surface area contributed by atoms with Crippen LogP contribution in [0.15, 0.2) is 53.5 Å². The summed E-state index contributed by atoms with van der Waals surface area (Å²) in [5.74, 6) is 0.746. The van der Waals surface area contributed by atoms with Crippen LogP contribution in [0, 0.1) is 0 Å². The van der Waals surface area contributed by atoms with E-state index in [9.17, 15) is 4.79 Å². The standard InChI is InChI=1S/C20H23N5O3/c1-24-9-8-15(22-24)11-21-18-12-28-13-19(18)25-20(26)7-6-17(23-25)14-4-3-5-16(10-14)27-2/h3-10,18-19,21H,11-13H2,1-2H3. The van der Waals surface area contributed by atoms with Gasteiger partial charge in [0.05, 0.1) is 43.8 Å². The predicted molar refractivity (Wildman–Crippen MR) is 104 cm³/mol. The van der Waals surface area contributed by atoms with Crippen LogP contribution in [0.5, 0.6) is 5.75 Å². The lowest BCUT2D eigenvalue weighted by Crippen LogP contribution is -2.41. The Morgan fingerprint density at radius 3 is 2.89 bits per heavy atom. The van der Waals surface area contributed by atoms with E-state index in [0.717, 1.165) is 17.0 Å². The third kappa shape index (κ3) is 3.83. The summed E-state index contributed by atoms with van der Waals surface area (Å²) in [5, 5.41) is 12.4. The Labute approximate surface area is 162 Å². The van der Waals surface area contributed by atoms with Crippen LogP contribution in [0.3, 0.4) is 0 Å². The summed E-state index contributed by atoms with van der Waals surface area (Å²) >= 11 is 0. The zero-order chi connectivity index (χ0) is 19.5. The van der Waals surface area contributed by atoms with E-state index in [4.69, 9.17) is 9.47 Å². The highest BCUT2D eigenvalue weighted by Gasteiger charge is 2.31. The van der Waals surface area contributed by atoms with Crippen LogP contribution in [0.4, 0.5) is 0 Å². The van der Waals surface area contributed by atoms with E-state index in [1.165, 1.54) is 4.68 Å². The quantitative estimate of drug-likeness (QED) is 0.695. The smallest absolute Gasteiger partial charge is 0.267 e. The average molecular weight is 381 g/mol. The fraction of sp³-hybridized carbons (Fsp3) is 0.350. The van der Waals surface area contributed by atoms with Crippen molar-refractivity contribution in [1.29, 1.82) is 0 Å². The number of nitrogens with one attached hydrogen (secondary N) is 1. The molecular weight excluding hydrogens is 358 g/mol. The first-order chi connectivity index (χ1) is 13.6. The van der Waals surface area contributed by atoms with Crippen LogP contribution in [-0.2, 0) is 18.3 Å². The monoisotopic (exact) mass is 381 g/mol. The first-order valence-corrected chi connectivity index (χ1v) is 9.18. The number of hydrogen-bond donors (Lipinski definition) is 1. The molecule has 4 rings (SSSR count). The molecular formula is C20H23N5O3. The van der Waals surface area contributed by atoms with E-state index in [1.807, 2.05) is 43.6 Å². The zero-order valence-corrected chi connectivity index (χ0v) is 15.9. The average Bonchev–Trinajstić information content (AvgIpc) is 3.35. The highest BCUT2D eigenvalue weighted by Crippen LogP contribution is 2.23. The molecule has 1 aliphatic heterocycles. The first kappa shape index (κ1) is 18.4. The molecule has 8 nitrogen and oxygen atoms in total. The highest BCUT2D eigenvalue weighted by atomic mass is 16.5. The van der Waals surface area contributed by atoms with Crippen LogP contribution in [0.25, 0.3) is 11.3 Å². The second-order valence-electron chi connectivity index (χ2n) is 6.81. The van der Waals surface area contributed by atoms with E-state index in [1.54, 1.807) is 23.9 Å². The largest absolute Gasteiger partial charge is 0.497 e. The Bertz CT molecular complexity index is 1010. The van der Waals surface area contributed by atoms with Gasteiger partial charge in [-0.3, -0.25) is 9.48 Å². The molecule has 1 fully saturated rings. The van der Waals surface area contributed by atoms with Crippen LogP contribution < -0.4 is 15.6 Å². The van der Waals surface area contributed by atoms with Crippen LogP contribution in [-0.4, -0.2) is 45.9 Å². The molecule has 0 radical (unpaired) electrons. The van der Waals surface area contributed by atoms with Gasteiger partial charge in [0.15, 0.2) is 0 Å². The molecule has 1 N–H and O–H groups in total. The number of nitrogens with zero attached hydrogens (tertiary/aromatic N) is 4. The van der Waals surface area contributed by atoms with Crippen molar-refractivity contribution in [2.75, 3.05) is 20.3 Å². The zero-order valence-electron chi connectivity index (χ0n) is 15.9. The molecule has 3 heterocycles. The van der Waals surface area contributed by atoms with Crippen LogP contribution in [0.2, 0.25) is 0 Å². The minimum Gasteiger partial charge on any atom is -0.497 e. The van der Waals surface area contributed by atoms with E-state index in [2.05, 4.69) is 15.5 Å². The summed E-state index contributed by atoms with van der Waals surface area (Å²) < 4.78 is 14.2. The van der Waals surface area contributed by atoms with Crippen molar-refractivity contribution in [1.82, 2.24) is 24.9 Å². The maximum atomic E-state index is 12.5. The van der Waals surface area contributed by atoms with Gasteiger partial charge in [0, 0.05) is 31.4 Å². The summed E-state index contributed by atoms with van der Waals surface area (Å²) in [7, 11) is 3.51. The number of methoxy groups -OCH3 is 1. The van der Waals surface area contributed by atoms with E-state index in [-0.39, 0.29) is 17.6 Å². The molecule has 0 bridgehead atoms. The minimum atomic E-state index is -0.179. The van der Waals surface area contributed by atoms with Gasteiger partial charge in [-0.2, -0.15) is 10.2 Å². The van der Waals surface area contributed by atoms with Gasteiger partial charge in [-0.15, -0.1) is 0 Å². The molecule has 0 saturated carbocycles. The second-order valence-corrected chi connectivity index (χ2v) is 6.81. The normalized spacial score (nSPS) is 19.1. The predicted octanol–water partition coefficient (Wildman–Crippen LogP) is 1.38. The number of aryl methyl sites for hydroxylation is 1. The van der Waals surface area contributed by atoms with Crippen LogP contribution >= 0.6 is 0 Å². The number of benzene rings is 1. The molecule has 1 saturated heterocycles. The Hall–Kier alpha value is -2.97. The molecule has 3 aromatic rings. The molecule has 0 spiro atoms. The molecule has 8 heteroatoms. The van der Waals surface area contributed by atoms with E-state index >= 15 is 0 Å². The molecule has 146 valence electrons. The molecule has 28 heavy (non-hydrogen) atoms. The first-order valence-electron chi connectivity index (χ1n) is 9.18. The second kappa shape index (κ2) is 7.95. The van der Waals surface area contributed by atoms with Gasteiger partial charge in [0.25, 0.3) is 5.56 Å². The molecule has 1 aromatic carbocycles. The fourth-order valence-electron chi connectivity index (χ4n) is 3.37. The van der Waals surface area contributed by atoms with Crippen molar-refractivity contribution in [3.8, 4) is 17.0 Å². The van der Waals surface area contributed by atoms with Gasteiger partial charge in [0.1, 0.15) is 5.75 Å². The van der Waals surface area contributed by atoms with Crippen molar-refractivity contribution in [3.63, 3.8) is 0 Å². The van der Waals surface area contributed by atoms with Crippen molar-refractivity contribution < 1.29 is 9.47 Å². The topological polar surface area (TPSA) is 83.2 Å². The third-order valence-electron chi connectivity index (χ3n) is 4.87. The van der Waals surface area contributed by atoms with Gasteiger partial charge >= 0.3 is 0 Å².